The highest BCUT2D eigenvalue weighted by Gasteiger charge is 2.20. The van der Waals surface area contributed by atoms with E-state index in [0.717, 1.165) is 12.1 Å². The highest BCUT2D eigenvalue weighted by atomic mass is 32.2. The van der Waals surface area contributed by atoms with Gasteiger partial charge >= 0.3 is 0 Å². The van der Waals surface area contributed by atoms with Crippen molar-refractivity contribution in [2.75, 3.05) is 25.5 Å². The van der Waals surface area contributed by atoms with Gasteiger partial charge in [0.1, 0.15) is 4.90 Å². The Morgan fingerprint density at radius 3 is 2.67 bits per heavy atom. The van der Waals surface area contributed by atoms with Gasteiger partial charge in [-0.2, -0.15) is 0 Å². The van der Waals surface area contributed by atoms with Gasteiger partial charge in [-0.3, -0.25) is 10.1 Å². The zero-order valence-corrected chi connectivity index (χ0v) is 12.7. The van der Waals surface area contributed by atoms with Crippen molar-refractivity contribution in [1.29, 1.82) is 0 Å². The summed E-state index contributed by atoms with van der Waals surface area (Å²) >= 11 is 0. The highest BCUT2D eigenvalue weighted by Crippen LogP contribution is 2.23. The van der Waals surface area contributed by atoms with Crippen LogP contribution in [0.4, 0.5) is 11.4 Å². The Kier molecular flexibility index (Phi) is 6.06. The number of anilines is 1. The Bertz CT molecular complexity index is 601. The molecule has 1 rings (SSSR count). The maximum Gasteiger partial charge on any atom is 0.270 e. The van der Waals surface area contributed by atoms with Gasteiger partial charge in [0, 0.05) is 25.3 Å². The van der Waals surface area contributed by atoms with Crippen LogP contribution in [0.5, 0.6) is 0 Å². The van der Waals surface area contributed by atoms with Crippen molar-refractivity contribution >= 4 is 21.4 Å². The molecule has 8 nitrogen and oxygen atoms in total. The van der Waals surface area contributed by atoms with Crippen LogP contribution in [-0.2, 0) is 14.8 Å². The molecule has 118 valence electrons. The van der Waals surface area contributed by atoms with E-state index in [9.17, 15) is 18.5 Å². The number of nitro benzene ring substituents is 1. The molecule has 1 aromatic rings. The van der Waals surface area contributed by atoms with Crippen LogP contribution in [0.1, 0.15) is 13.8 Å². The minimum absolute atomic E-state index is 0.0452. The molecule has 0 unspecified atom stereocenters. The van der Waals surface area contributed by atoms with Crippen LogP contribution in [-0.4, -0.2) is 33.1 Å². The second kappa shape index (κ2) is 7.34. The van der Waals surface area contributed by atoms with Crippen molar-refractivity contribution < 1.29 is 18.1 Å². The van der Waals surface area contributed by atoms with Crippen LogP contribution in [0.2, 0.25) is 0 Å². The molecule has 0 saturated heterocycles. The van der Waals surface area contributed by atoms with E-state index in [-0.39, 0.29) is 29.4 Å². The third-order valence-corrected chi connectivity index (χ3v) is 4.00. The molecule has 0 aliphatic carbocycles. The second-order valence-electron chi connectivity index (χ2n) is 4.85. The first-order chi connectivity index (χ1) is 9.74. The number of nitrogens with two attached hydrogens (primary N) is 1. The lowest BCUT2D eigenvalue weighted by atomic mass is 10.2. The molecule has 0 bridgehead atoms. The number of sulfonamides is 1. The van der Waals surface area contributed by atoms with E-state index in [0.29, 0.717) is 12.5 Å². The van der Waals surface area contributed by atoms with E-state index >= 15 is 0 Å². The number of nitrogens with one attached hydrogen (secondary N) is 1. The smallest absolute Gasteiger partial charge is 0.270 e. The van der Waals surface area contributed by atoms with Crippen molar-refractivity contribution in [2.24, 2.45) is 5.92 Å². The number of nitro groups is 1. The fourth-order valence-electron chi connectivity index (χ4n) is 1.51. The Morgan fingerprint density at radius 1 is 1.43 bits per heavy atom. The van der Waals surface area contributed by atoms with Gasteiger partial charge in [0.15, 0.2) is 0 Å². The molecule has 0 radical (unpaired) electrons. The molecule has 1 aromatic carbocycles. The number of hydrogen-bond donors (Lipinski definition) is 2. The van der Waals surface area contributed by atoms with Gasteiger partial charge in [0.2, 0.25) is 10.0 Å². The summed E-state index contributed by atoms with van der Waals surface area (Å²) in [4.78, 5) is 9.70. The maximum absolute atomic E-state index is 12.1. The third-order valence-electron chi connectivity index (χ3n) is 2.49. The van der Waals surface area contributed by atoms with Gasteiger partial charge in [0.05, 0.1) is 17.2 Å². The van der Waals surface area contributed by atoms with Gasteiger partial charge in [-0.05, 0) is 12.0 Å². The lowest BCUT2D eigenvalue weighted by Gasteiger charge is -2.10. The van der Waals surface area contributed by atoms with Gasteiger partial charge in [-0.15, -0.1) is 0 Å². The van der Waals surface area contributed by atoms with E-state index in [4.69, 9.17) is 10.5 Å². The molecule has 0 saturated carbocycles. The molecule has 9 heteroatoms. The van der Waals surface area contributed by atoms with Crippen LogP contribution < -0.4 is 10.5 Å². The van der Waals surface area contributed by atoms with Crippen LogP contribution in [0, 0.1) is 16.0 Å². The van der Waals surface area contributed by atoms with Gasteiger partial charge in [0.25, 0.3) is 5.69 Å². The summed E-state index contributed by atoms with van der Waals surface area (Å²) in [7, 11) is -3.91. The number of nitrogens with zero attached hydrogens (tertiary/aromatic N) is 1. The van der Waals surface area contributed by atoms with Crippen molar-refractivity contribution in [1.82, 2.24) is 4.72 Å². The first kappa shape index (κ1) is 17.3. The number of non-ortho nitro benzene ring substituents is 1. The summed E-state index contributed by atoms with van der Waals surface area (Å²) in [6, 6.07) is 3.29. The van der Waals surface area contributed by atoms with Crippen LogP contribution in [0.15, 0.2) is 23.1 Å². The molecule has 0 aromatic heterocycles. The summed E-state index contributed by atoms with van der Waals surface area (Å²) in [5, 5.41) is 10.7. The van der Waals surface area contributed by atoms with E-state index in [2.05, 4.69) is 4.72 Å². The lowest BCUT2D eigenvalue weighted by molar-refractivity contribution is -0.385. The van der Waals surface area contributed by atoms with E-state index in [1.54, 1.807) is 0 Å². The average molecular weight is 317 g/mol. The zero-order valence-electron chi connectivity index (χ0n) is 11.9. The molecule has 0 fully saturated rings. The number of benzene rings is 1. The van der Waals surface area contributed by atoms with Gasteiger partial charge in [-0.25, -0.2) is 13.1 Å². The summed E-state index contributed by atoms with van der Waals surface area (Å²) in [6.07, 6.45) is 0. The predicted molar refractivity (Wildman–Crippen MR) is 78.4 cm³/mol. The molecule has 0 aliphatic heterocycles. The minimum Gasteiger partial charge on any atom is -0.398 e. The third kappa shape index (κ3) is 5.29. The Morgan fingerprint density at radius 2 is 2.10 bits per heavy atom. The normalized spacial score (nSPS) is 11.8. The molecular weight excluding hydrogens is 298 g/mol. The number of ether oxygens (including phenoxy) is 1. The molecule has 21 heavy (non-hydrogen) atoms. The average Bonchev–Trinajstić information content (AvgIpc) is 2.37. The number of hydrogen-bond acceptors (Lipinski definition) is 6. The fourth-order valence-corrected chi connectivity index (χ4v) is 2.68. The van der Waals surface area contributed by atoms with E-state index in [1.165, 1.54) is 6.07 Å². The van der Waals surface area contributed by atoms with Crippen molar-refractivity contribution in [3.63, 3.8) is 0 Å². The van der Waals surface area contributed by atoms with Crippen molar-refractivity contribution in [3.8, 4) is 0 Å². The number of rotatable bonds is 8. The summed E-state index contributed by atoms with van der Waals surface area (Å²) < 4.78 is 31.7. The zero-order chi connectivity index (χ0) is 16.0. The van der Waals surface area contributed by atoms with Crippen molar-refractivity contribution in [2.45, 2.75) is 18.7 Å². The van der Waals surface area contributed by atoms with E-state index < -0.39 is 14.9 Å². The standard InChI is InChI=1S/C12H19N3O5S/c1-9(2)8-20-6-5-14-21(18,19)12-7-10(15(16)17)3-4-11(12)13/h3-4,7,9,14H,5-6,8,13H2,1-2H3. The molecular formula is C12H19N3O5S. The Balaban J connectivity index is 2.74. The van der Waals surface area contributed by atoms with Crippen molar-refractivity contribution in [3.05, 3.63) is 28.3 Å². The molecule has 0 heterocycles. The van der Waals surface area contributed by atoms with E-state index in [1.807, 2.05) is 13.8 Å². The monoisotopic (exact) mass is 317 g/mol. The topological polar surface area (TPSA) is 125 Å². The van der Waals surface area contributed by atoms with Crippen LogP contribution in [0.3, 0.4) is 0 Å². The van der Waals surface area contributed by atoms with Crippen LogP contribution >= 0.6 is 0 Å². The first-order valence-electron chi connectivity index (χ1n) is 6.35. The minimum atomic E-state index is -3.91. The predicted octanol–water partition coefficient (Wildman–Crippen LogP) is 1.13. The van der Waals surface area contributed by atoms with Gasteiger partial charge < -0.3 is 10.5 Å². The maximum atomic E-state index is 12.1. The fraction of sp³-hybridized carbons (Fsp3) is 0.500. The molecule has 0 atom stereocenters. The molecule has 0 spiro atoms. The Labute approximate surface area is 123 Å². The molecule has 0 aliphatic rings. The largest absolute Gasteiger partial charge is 0.398 e. The Hall–Kier alpha value is -1.71. The number of nitrogen functional groups attached to an aromatic ring is 1. The quantitative estimate of drug-likeness (QED) is 0.320. The highest BCUT2D eigenvalue weighted by molar-refractivity contribution is 7.89. The molecule has 0 amide bonds. The molecule has 3 N–H and O–H groups in total. The lowest BCUT2D eigenvalue weighted by Crippen LogP contribution is -2.28. The second-order valence-corrected chi connectivity index (χ2v) is 6.58. The first-order valence-corrected chi connectivity index (χ1v) is 7.83. The summed E-state index contributed by atoms with van der Waals surface area (Å²) in [5.74, 6) is 0.356. The van der Waals surface area contributed by atoms with Gasteiger partial charge in [-0.1, -0.05) is 13.8 Å². The van der Waals surface area contributed by atoms with Crippen LogP contribution in [0.25, 0.3) is 0 Å². The summed E-state index contributed by atoms with van der Waals surface area (Å²) in [6.45, 7) is 4.77. The summed E-state index contributed by atoms with van der Waals surface area (Å²) in [5.41, 5.74) is 5.19. The SMILES string of the molecule is CC(C)COCCNS(=O)(=O)c1cc([N+](=O)[O-])ccc1N.